The van der Waals surface area contributed by atoms with Crippen LogP contribution in [-0.4, -0.2) is 10.8 Å². The highest BCUT2D eigenvalue weighted by molar-refractivity contribution is 6.10. The van der Waals surface area contributed by atoms with Crippen molar-refractivity contribution in [1.29, 1.82) is 5.26 Å². The number of non-ortho nitro benzene ring substituents is 1. The summed E-state index contributed by atoms with van der Waals surface area (Å²) in [5.41, 5.74) is 2.73. The van der Waals surface area contributed by atoms with E-state index in [0.717, 1.165) is 12.0 Å². The lowest BCUT2D eigenvalue weighted by Crippen LogP contribution is -2.14. The number of nitrogens with zero attached hydrogens (tertiary/aromatic N) is 2. The summed E-state index contributed by atoms with van der Waals surface area (Å²) >= 11 is 0. The molecule has 0 aliphatic heterocycles. The zero-order valence-corrected chi connectivity index (χ0v) is 17.4. The summed E-state index contributed by atoms with van der Waals surface area (Å²) in [6.07, 6.45) is 2.21. The Bertz CT molecular complexity index is 1210. The van der Waals surface area contributed by atoms with Crippen molar-refractivity contribution in [2.45, 2.75) is 20.0 Å². The first kappa shape index (κ1) is 22.2. The Morgan fingerprint density at radius 2 is 1.88 bits per heavy atom. The van der Waals surface area contributed by atoms with Gasteiger partial charge in [0.05, 0.1) is 4.92 Å². The van der Waals surface area contributed by atoms with Crippen LogP contribution in [0.15, 0.2) is 78.4 Å². The van der Waals surface area contributed by atoms with E-state index in [-0.39, 0.29) is 17.9 Å². The van der Waals surface area contributed by atoms with Gasteiger partial charge in [-0.1, -0.05) is 55.5 Å². The first-order valence-electron chi connectivity index (χ1n) is 9.98. The highest BCUT2D eigenvalue weighted by atomic mass is 16.6. The molecule has 32 heavy (non-hydrogen) atoms. The Morgan fingerprint density at radius 3 is 2.62 bits per heavy atom. The molecule has 0 heterocycles. The molecule has 0 fully saturated rings. The summed E-state index contributed by atoms with van der Waals surface area (Å²) in [5.74, 6) is -0.0598. The van der Waals surface area contributed by atoms with Crippen LogP contribution in [0.1, 0.15) is 23.6 Å². The first-order valence-corrected chi connectivity index (χ1v) is 9.98. The van der Waals surface area contributed by atoms with Crippen LogP contribution in [0.5, 0.6) is 5.75 Å². The topological polar surface area (TPSA) is 105 Å². The SMILES string of the molecule is CCc1ccccc1NC(=O)/C(C#N)=C/c1ccccc1OCc1cccc([N+](=O)[O-])c1. The normalized spacial score (nSPS) is 10.8. The maximum atomic E-state index is 12.7. The van der Waals surface area contributed by atoms with E-state index in [1.54, 1.807) is 42.5 Å². The maximum Gasteiger partial charge on any atom is 0.269 e. The van der Waals surface area contributed by atoms with Gasteiger partial charge >= 0.3 is 0 Å². The van der Waals surface area contributed by atoms with Crippen molar-refractivity contribution in [3.63, 3.8) is 0 Å². The van der Waals surface area contributed by atoms with E-state index in [2.05, 4.69) is 5.32 Å². The van der Waals surface area contributed by atoms with Gasteiger partial charge in [-0.2, -0.15) is 5.26 Å². The molecule has 3 aromatic carbocycles. The van der Waals surface area contributed by atoms with Crippen LogP contribution in [0.25, 0.3) is 6.08 Å². The van der Waals surface area contributed by atoms with E-state index < -0.39 is 10.8 Å². The van der Waals surface area contributed by atoms with Crippen LogP contribution < -0.4 is 10.1 Å². The zero-order valence-electron chi connectivity index (χ0n) is 17.4. The van der Waals surface area contributed by atoms with Gasteiger partial charge in [-0.25, -0.2) is 0 Å². The molecule has 0 saturated heterocycles. The predicted octanol–water partition coefficient (Wildman–Crippen LogP) is 5.28. The molecule has 0 aliphatic rings. The Labute approximate surface area is 185 Å². The van der Waals surface area contributed by atoms with E-state index in [9.17, 15) is 20.2 Å². The van der Waals surface area contributed by atoms with E-state index >= 15 is 0 Å². The standard InChI is InChI=1S/C25H21N3O4/c1-2-19-9-3-5-12-23(19)27-25(29)21(16-26)15-20-10-4-6-13-24(20)32-17-18-8-7-11-22(14-18)28(30)31/h3-15H,2,17H2,1H3,(H,27,29)/b21-15+. The lowest BCUT2D eigenvalue weighted by atomic mass is 10.1. The number of aryl methyl sites for hydroxylation is 1. The number of hydrogen-bond donors (Lipinski definition) is 1. The lowest BCUT2D eigenvalue weighted by molar-refractivity contribution is -0.384. The number of ether oxygens (including phenoxy) is 1. The highest BCUT2D eigenvalue weighted by Crippen LogP contribution is 2.24. The number of anilines is 1. The van der Waals surface area contributed by atoms with Crippen molar-refractivity contribution in [2.24, 2.45) is 0 Å². The molecular formula is C25H21N3O4. The van der Waals surface area contributed by atoms with Crippen LogP contribution in [0.4, 0.5) is 11.4 Å². The second-order valence-electron chi connectivity index (χ2n) is 6.89. The number of carbonyl (C=O) groups is 1. The number of benzene rings is 3. The van der Waals surface area contributed by atoms with Crippen molar-refractivity contribution in [3.05, 3.63) is 105 Å². The summed E-state index contributed by atoms with van der Waals surface area (Å²) in [6.45, 7) is 2.09. The average Bonchev–Trinajstić information content (AvgIpc) is 2.82. The summed E-state index contributed by atoms with van der Waals surface area (Å²) in [4.78, 5) is 23.2. The van der Waals surface area contributed by atoms with E-state index in [1.807, 2.05) is 31.2 Å². The van der Waals surface area contributed by atoms with Gasteiger partial charge in [-0.3, -0.25) is 14.9 Å². The number of nitriles is 1. The largest absolute Gasteiger partial charge is 0.488 e. The highest BCUT2D eigenvalue weighted by Gasteiger charge is 2.13. The van der Waals surface area contributed by atoms with Gasteiger partial charge in [0.1, 0.15) is 24.0 Å². The monoisotopic (exact) mass is 427 g/mol. The van der Waals surface area contributed by atoms with Gasteiger partial charge in [0.15, 0.2) is 0 Å². The Morgan fingerprint density at radius 1 is 1.12 bits per heavy atom. The van der Waals surface area contributed by atoms with Crippen LogP contribution in [0, 0.1) is 21.4 Å². The number of amides is 1. The molecule has 3 rings (SSSR count). The summed E-state index contributed by atoms with van der Waals surface area (Å²) in [6, 6.07) is 22.5. The van der Waals surface area contributed by atoms with E-state index in [4.69, 9.17) is 4.74 Å². The van der Waals surface area contributed by atoms with Crippen LogP contribution in [-0.2, 0) is 17.8 Å². The lowest BCUT2D eigenvalue weighted by Gasteiger charge is -2.11. The fourth-order valence-corrected chi connectivity index (χ4v) is 3.10. The Balaban J connectivity index is 1.80. The fraction of sp³-hybridized carbons (Fsp3) is 0.120. The molecular weight excluding hydrogens is 406 g/mol. The van der Waals surface area contributed by atoms with Crippen molar-refractivity contribution < 1.29 is 14.5 Å². The van der Waals surface area contributed by atoms with Gasteiger partial charge in [0.25, 0.3) is 11.6 Å². The molecule has 0 spiro atoms. The predicted molar refractivity (Wildman–Crippen MR) is 122 cm³/mol. The molecule has 1 N–H and O–H groups in total. The van der Waals surface area contributed by atoms with Crippen molar-refractivity contribution in [3.8, 4) is 11.8 Å². The van der Waals surface area contributed by atoms with E-state index in [1.165, 1.54) is 18.2 Å². The van der Waals surface area contributed by atoms with Crippen LogP contribution >= 0.6 is 0 Å². The molecule has 160 valence electrons. The van der Waals surface area contributed by atoms with Gasteiger partial charge < -0.3 is 10.1 Å². The fourth-order valence-electron chi connectivity index (χ4n) is 3.10. The quantitative estimate of drug-likeness (QED) is 0.228. The van der Waals surface area contributed by atoms with E-state index in [0.29, 0.717) is 22.6 Å². The van der Waals surface area contributed by atoms with Gasteiger partial charge in [-0.05, 0) is 35.8 Å². The minimum absolute atomic E-state index is 0.0184. The molecule has 0 saturated carbocycles. The molecule has 0 atom stereocenters. The third kappa shape index (κ3) is 5.58. The van der Waals surface area contributed by atoms with Gasteiger partial charge in [-0.15, -0.1) is 0 Å². The molecule has 0 unspecified atom stereocenters. The molecule has 0 aliphatic carbocycles. The second-order valence-corrected chi connectivity index (χ2v) is 6.89. The van der Waals surface area contributed by atoms with Gasteiger partial charge in [0, 0.05) is 23.4 Å². The smallest absolute Gasteiger partial charge is 0.269 e. The zero-order chi connectivity index (χ0) is 22.9. The summed E-state index contributed by atoms with van der Waals surface area (Å²) in [5, 5.41) is 23.3. The minimum Gasteiger partial charge on any atom is -0.488 e. The molecule has 0 aromatic heterocycles. The maximum absolute atomic E-state index is 12.7. The number of para-hydroxylation sites is 2. The summed E-state index contributed by atoms with van der Waals surface area (Å²) < 4.78 is 5.83. The Hall–Kier alpha value is -4.44. The number of rotatable bonds is 8. The molecule has 7 nitrogen and oxygen atoms in total. The molecule has 1 amide bonds. The van der Waals surface area contributed by atoms with Crippen molar-refractivity contribution in [2.75, 3.05) is 5.32 Å². The minimum atomic E-state index is -0.512. The number of hydrogen-bond acceptors (Lipinski definition) is 5. The number of nitro groups is 1. The summed E-state index contributed by atoms with van der Waals surface area (Å²) in [7, 11) is 0. The van der Waals surface area contributed by atoms with Crippen molar-refractivity contribution in [1.82, 2.24) is 0 Å². The average molecular weight is 427 g/mol. The second kappa shape index (κ2) is 10.5. The van der Waals surface area contributed by atoms with Gasteiger partial charge in [0.2, 0.25) is 0 Å². The molecule has 3 aromatic rings. The first-order chi connectivity index (χ1) is 15.5. The molecule has 0 radical (unpaired) electrons. The molecule has 7 heteroatoms. The number of carbonyl (C=O) groups excluding carboxylic acids is 1. The van der Waals surface area contributed by atoms with Crippen LogP contribution in [0.3, 0.4) is 0 Å². The number of nitrogens with one attached hydrogen (secondary N) is 1. The Kier molecular flexibility index (Phi) is 7.33. The van der Waals surface area contributed by atoms with Crippen LogP contribution in [0.2, 0.25) is 0 Å². The number of nitro benzene ring substituents is 1. The third-order valence-corrected chi connectivity index (χ3v) is 4.75. The molecule has 0 bridgehead atoms. The van der Waals surface area contributed by atoms with Crippen molar-refractivity contribution >= 4 is 23.4 Å². The third-order valence-electron chi connectivity index (χ3n) is 4.75.